The van der Waals surface area contributed by atoms with Crippen molar-refractivity contribution in [1.29, 1.82) is 0 Å². The molecule has 0 saturated carbocycles. The summed E-state index contributed by atoms with van der Waals surface area (Å²) in [4.78, 5) is 21.0. The Balaban J connectivity index is 2.00. The summed E-state index contributed by atoms with van der Waals surface area (Å²) < 4.78 is 1.71. The lowest BCUT2D eigenvalue weighted by Crippen LogP contribution is -2.20. The van der Waals surface area contributed by atoms with Crippen molar-refractivity contribution in [3.05, 3.63) is 57.5 Å². The first-order valence-electron chi connectivity index (χ1n) is 7.98. The highest BCUT2D eigenvalue weighted by molar-refractivity contribution is 6.31. The van der Waals surface area contributed by atoms with Gasteiger partial charge in [0.25, 0.3) is 5.56 Å². The molecule has 0 saturated heterocycles. The van der Waals surface area contributed by atoms with E-state index < -0.39 is 0 Å². The zero-order valence-electron chi connectivity index (χ0n) is 13.7. The number of hydrogen-bond donors (Lipinski definition) is 1. The number of benzene rings is 1. The summed E-state index contributed by atoms with van der Waals surface area (Å²) in [5.41, 5.74) is 2.44. The van der Waals surface area contributed by atoms with Crippen LogP contribution in [0.15, 0.2) is 41.3 Å². The van der Waals surface area contributed by atoms with Gasteiger partial charge in [0.15, 0.2) is 0 Å². The highest BCUT2D eigenvalue weighted by atomic mass is 35.5. The molecule has 3 aromatic rings. The summed E-state index contributed by atoms with van der Waals surface area (Å²) in [5, 5.41) is 4.74. The second-order valence-electron chi connectivity index (χ2n) is 5.74. The summed E-state index contributed by atoms with van der Waals surface area (Å²) in [6, 6.07) is 8.97. The molecule has 1 aromatic carbocycles. The lowest BCUT2D eigenvalue weighted by Gasteiger charge is -2.11. The molecule has 3 rings (SSSR count). The van der Waals surface area contributed by atoms with Crippen molar-refractivity contribution in [1.82, 2.24) is 14.5 Å². The molecule has 0 spiro atoms. The minimum Gasteiger partial charge on any atom is -0.324 e. The molecule has 0 fully saturated rings. The van der Waals surface area contributed by atoms with Gasteiger partial charge in [0, 0.05) is 34.9 Å². The van der Waals surface area contributed by atoms with E-state index in [9.17, 15) is 4.79 Å². The average Bonchev–Trinajstić information content (AvgIpc) is 2.57. The van der Waals surface area contributed by atoms with Crippen molar-refractivity contribution in [2.24, 2.45) is 0 Å². The van der Waals surface area contributed by atoms with Crippen LogP contribution in [0.5, 0.6) is 0 Å². The number of anilines is 2. The third-order valence-corrected chi connectivity index (χ3v) is 4.30. The molecule has 0 aliphatic carbocycles. The van der Waals surface area contributed by atoms with Gasteiger partial charge < -0.3 is 5.32 Å². The first-order chi connectivity index (χ1) is 11.6. The van der Waals surface area contributed by atoms with Crippen LogP contribution in [-0.2, 0) is 6.54 Å². The first kappa shape index (κ1) is 16.5. The number of aromatic nitrogens is 3. The molecule has 124 valence electrons. The average molecular weight is 343 g/mol. The first-order valence-corrected chi connectivity index (χ1v) is 8.36. The molecule has 6 heteroatoms. The number of rotatable bonds is 5. The van der Waals surface area contributed by atoms with E-state index >= 15 is 0 Å². The van der Waals surface area contributed by atoms with Gasteiger partial charge in [-0.3, -0.25) is 9.36 Å². The van der Waals surface area contributed by atoms with E-state index in [4.69, 9.17) is 11.6 Å². The van der Waals surface area contributed by atoms with E-state index in [1.165, 1.54) is 0 Å². The molecule has 0 amide bonds. The van der Waals surface area contributed by atoms with E-state index in [-0.39, 0.29) is 5.56 Å². The minimum absolute atomic E-state index is 0.0389. The van der Waals surface area contributed by atoms with E-state index in [0.29, 0.717) is 23.2 Å². The van der Waals surface area contributed by atoms with E-state index in [2.05, 4.69) is 22.2 Å². The summed E-state index contributed by atoms with van der Waals surface area (Å²) in [5.74, 6) is 0.458. The number of halogens is 1. The Morgan fingerprint density at radius 1 is 1.25 bits per heavy atom. The Hall–Kier alpha value is -2.40. The maximum Gasteiger partial charge on any atom is 0.252 e. The normalized spacial score (nSPS) is 11.0. The molecular weight excluding hydrogens is 324 g/mol. The summed E-state index contributed by atoms with van der Waals surface area (Å²) >= 11 is 6.05. The van der Waals surface area contributed by atoms with Gasteiger partial charge >= 0.3 is 0 Å². The monoisotopic (exact) mass is 342 g/mol. The molecule has 24 heavy (non-hydrogen) atoms. The summed E-state index contributed by atoms with van der Waals surface area (Å²) in [6.07, 6.45) is 3.68. The molecule has 0 aliphatic heterocycles. The number of pyridine rings is 1. The molecule has 2 aromatic heterocycles. The summed E-state index contributed by atoms with van der Waals surface area (Å²) in [7, 11) is 0. The number of nitrogens with one attached hydrogen (secondary N) is 1. The molecule has 0 radical (unpaired) electrons. The predicted molar refractivity (Wildman–Crippen MR) is 98.2 cm³/mol. The maximum absolute atomic E-state index is 12.2. The molecule has 0 aliphatic rings. The minimum atomic E-state index is -0.0389. The lowest BCUT2D eigenvalue weighted by atomic mass is 10.2. The number of nitrogens with zero attached hydrogens (tertiary/aromatic N) is 3. The fourth-order valence-electron chi connectivity index (χ4n) is 2.52. The Morgan fingerprint density at radius 3 is 2.83 bits per heavy atom. The van der Waals surface area contributed by atoms with Crippen LogP contribution < -0.4 is 10.9 Å². The fourth-order valence-corrected chi connectivity index (χ4v) is 2.63. The molecule has 1 N–H and O–H groups in total. The second kappa shape index (κ2) is 7.01. The van der Waals surface area contributed by atoms with Gasteiger partial charge in [-0.2, -0.15) is 4.98 Å². The number of hydrogen-bond acceptors (Lipinski definition) is 4. The van der Waals surface area contributed by atoms with Crippen LogP contribution in [0.25, 0.3) is 11.0 Å². The predicted octanol–water partition coefficient (Wildman–Crippen LogP) is 4.30. The van der Waals surface area contributed by atoms with Crippen LogP contribution >= 0.6 is 11.6 Å². The second-order valence-corrected chi connectivity index (χ2v) is 6.15. The quantitative estimate of drug-likeness (QED) is 0.751. The van der Waals surface area contributed by atoms with E-state index in [1.807, 2.05) is 25.1 Å². The fraction of sp³-hybridized carbons (Fsp3) is 0.278. The van der Waals surface area contributed by atoms with Crippen molar-refractivity contribution in [2.45, 2.75) is 33.2 Å². The Kier molecular flexibility index (Phi) is 4.81. The van der Waals surface area contributed by atoms with E-state index in [0.717, 1.165) is 29.5 Å². The van der Waals surface area contributed by atoms with Gasteiger partial charge in [-0.1, -0.05) is 24.9 Å². The van der Waals surface area contributed by atoms with Crippen molar-refractivity contribution < 1.29 is 0 Å². The van der Waals surface area contributed by atoms with E-state index in [1.54, 1.807) is 22.9 Å². The number of unbranched alkanes of at least 4 members (excludes halogenated alkanes) is 1. The lowest BCUT2D eigenvalue weighted by molar-refractivity contribution is 0.627. The van der Waals surface area contributed by atoms with Gasteiger partial charge in [-0.25, -0.2) is 4.98 Å². The number of aryl methyl sites for hydroxylation is 2. The SMILES string of the molecule is CCCCn1c(=O)ccc2cnc(Nc3ccc(Cl)c(C)c3)nc21. The largest absolute Gasteiger partial charge is 0.324 e. The van der Waals surface area contributed by atoms with Crippen molar-refractivity contribution in [2.75, 3.05) is 5.32 Å². The van der Waals surface area contributed by atoms with Gasteiger partial charge in [0.05, 0.1) is 0 Å². The molecular formula is C18H19ClN4O. The van der Waals surface area contributed by atoms with Crippen LogP contribution in [0.4, 0.5) is 11.6 Å². The standard InChI is InChI=1S/C18H19ClN4O/c1-3-4-9-23-16(24)8-5-13-11-20-18(22-17(13)23)21-14-6-7-15(19)12(2)10-14/h5-8,10-11H,3-4,9H2,1-2H3,(H,20,21,22). The van der Waals surface area contributed by atoms with Crippen LogP contribution in [0.1, 0.15) is 25.3 Å². The van der Waals surface area contributed by atoms with Gasteiger partial charge in [-0.05, 0) is 43.2 Å². The molecule has 0 atom stereocenters. The highest BCUT2D eigenvalue weighted by Gasteiger charge is 2.07. The number of fused-ring (bicyclic) bond motifs is 1. The molecule has 0 bridgehead atoms. The van der Waals surface area contributed by atoms with Crippen LogP contribution in [0, 0.1) is 6.92 Å². The third-order valence-electron chi connectivity index (χ3n) is 3.87. The summed E-state index contributed by atoms with van der Waals surface area (Å²) in [6.45, 7) is 4.70. The van der Waals surface area contributed by atoms with Crippen molar-refractivity contribution in [3.63, 3.8) is 0 Å². The molecule has 5 nitrogen and oxygen atoms in total. The topological polar surface area (TPSA) is 59.8 Å². The van der Waals surface area contributed by atoms with Gasteiger partial charge in [0.2, 0.25) is 5.95 Å². The zero-order chi connectivity index (χ0) is 17.1. The Labute approximate surface area is 145 Å². The Bertz CT molecular complexity index is 936. The smallest absolute Gasteiger partial charge is 0.252 e. The third kappa shape index (κ3) is 3.41. The van der Waals surface area contributed by atoms with Gasteiger partial charge in [-0.15, -0.1) is 0 Å². The van der Waals surface area contributed by atoms with Crippen LogP contribution in [-0.4, -0.2) is 14.5 Å². The maximum atomic E-state index is 12.2. The zero-order valence-corrected chi connectivity index (χ0v) is 14.5. The van der Waals surface area contributed by atoms with Crippen molar-refractivity contribution in [3.8, 4) is 0 Å². The highest BCUT2D eigenvalue weighted by Crippen LogP contribution is 2.22. The van der Waals surface area contributed by atoms with Gasteiger partial charge in [0.1, 0.15) is 5.65 Å². The molecule has 2 heterocycles. The Morgan fingerprint density at radius 2 is 2.08 bits per heavy atom. The van der Waals surface area contributed by atoms with Crippen LogP contribution in [0.2, 0.25) is 5.02 Å². The molecule has 0 unspecified atom stereocenters. The van der Waals surface area contributed by atoms with Crippen LogP contribution in [0.3, 0.4) is 0 Å². The van der Waals surface area contributed by atoms with Crippen molar-refractivity contribution >= 4 is 34.3 Å².